The summed E-state index contributed by atoms with van der Waals surface area (Å²) in [6.45, 7) is 10.4. The summed E-state index contributed by atoms with van der Waals surface area (Å²) in [5.74, 6) is 0. The van der Waals surface area contributed by atoms with E-state index in [-0.39, 0.29) is 5.41 Å². The second-order valence-electron chi connectivity index (χ2n) is 6.55. The van der Waals surface area contributed by atoms with Gasteiger partial charge in [-0.2, -0.15) is 4.31 Å². The Morgan fingerprint density at radius 3 is 2.05 bits per heavy atom. The number of hydrogen-bond acceptors (Lipinski definition) is 3. The maximum Gasteiger partial charge on any atom is 0.243 e. The van der Waals surface area contributed by atoms with Gasteiger partial charge >= 0.3 is 0 Å². The van der Waals surface area contributed by atoms with Crippen LogP contribution >= 0.6 is 0 Å². The first-order chi connectivity index (χ1) is 9.29. The Bertz CT molecular complexity index is 527. The molecule has 0 saturated carbocycles. The quantitative estimate of drug-likeness (QED) is 0.857. The molecule has 112 valence electrons. The minimum atomic E-state index is -3.32. The van der Waals surface area contributed by atoms with Crippen LogP contribution in [0.15, 0.2) is 35.2 Å². The molecule has 1 saturated heterocycles. The maximum atomic E-state index is 12.5. The summed E-state index contributed by atoms with van der Waals surface area (Å²) in [4.78, 5) is 2.74. The molecule has 0 N–H and O–H groups in total. The molecule has 1 fully saturated rings. The topological polar surface area (TPSA) is 40.6 Å². The summed E-state index contributed by atoms with van der Waals surface area (Å²) in [6, 6.07) is 8.69. The minimum absolute atomic E-state index is 0.250. The number of rotatable bonds is 3. The van der Waals surface area contributed by atoms with Gasteiger partial charge in [0.15, 0.2) is 0 Å². The van der Waals surface area contributed by atoms with Crippen molar-refractivity contribution in [3.8, 4) is 0 Å². The molecule has 20 heavy (non-hydrogen) atoms. The second kappa shape index (κ2) is 5.84. The first-order valence-corrected chi connectivity index (χ1v) is 8.51. The molecule has 1 aromatic rings. The Labute approximate surface area is 122 Å². The van der Waals surface area contributed by atoms with E-state index in [1.54, 1.807) is 28.6 Å². The van der Waals surface area contributed by atoms with Crippen molar-refractivity contribution in [3.63, 3.8) is 0 Å². The maximum absolute atomic E-state index is 12.5. The molecule has 1 aromatic carbocycles. The molecular formula is C15H24N2O2S. The number of sulfonamides is 1. The van der Waals surface area contributed by atoms with E-state index >= 15 is 0 Å². The predicted molar refractivity (Wildman–Crippen MR) is 81.1 cm³/mol. The zero-order chi connectivity index (χ0) is 14.8. The van der Waals surface area contributed by atoms with Crippen molar-refractivity contribution in [2.75, 3.05) is 32.7 Å². The standard InChI is InChI=1S/C15H24N2O2S/c1-15(2,3)13-16-9-11-17(12-10-16)20(18,19)14-7-5-4-6-8-14/h4-8H,9-13H2,1-3H3. The molecule has 5 heteroatoms. The second-order valence-corrected chi connectivity index (χ2v) is 8.49. The Hall–Kier alpha value is -0.910. The van der Waals surface area contributed by atoms with Gasteiger partial charge in [-0.1, -0.05) is 39.0 Å². The fourth-order valence-electron chi connectivity index (χ4n) is 2.54. The molecule has 1 aliphatic rings. The van der Waals surface area contributed by atoms with Crippen molar-refractivity contribution in [2.24, 2.45) is 5.41 Å². The van der Waals surface area contributed by atoms with Gasteiger partial charge in [-0.25, -0.2) is 8.42 Å². The van der Waals surface area contributed by atoms with Crippen molar-refractivity contribution < 1.29 is 8.42 Å². The van der Waals surface area contributed by atoms with Gasteiger partial charge in [-0.05, 0) is 17.5 Å². The number of benzene rings is 1. The highest BCUT2D eigenvalue weighted by Crippen LogP contribution is 2.20. The number of hydrogen-bond donors (Lipinski definition) is 0. The van der Waals surface area contributed by atoms with E-state index in [4.69, 9.17) is 0 Å². The van der Waals surface area contributed by atoms with Crippen LogP contribution in [0.1, 0.15) is 20.8 Å². The van der Waals surface area contributed by atoms with Crippen LogP contribution < -0.4 is 0 Å². The average molecular weight is 296 g/mol. The van der Waals surface area contributed by atoms with Gasteiger partial charge in [0.2, 0.25) is 10.0 Å². The third-order valence-corrected chi connectivity index (χ3v) is 5.32. The molecule has 1 aliphatic heterocycles. The Morgan fingerprint density at radius 2 is 1.55 bits per heavy atom. The summed E-state index contributed by atoms with van der Waals surface area (Å²) >= 11 is 0. The van der Waals surface area contributed by atoms with E-state index in [2.05, 4.69) is 25.7 Å². The van der Waals surface area contributed by atoms with Crippen LogP contribution in [-0.2, 0) is 10.0 Å². The average Bonchev–Trinajstić information content (AvgIpc) is 2.38. The molecule has 0 aliphatic carbocycles. The molecular weight excluding hydrogens is 272 g/mol. The minimum Gasteiger partial charge on any atom is -0.300 e. The van der Waals surface area contributed by atoms with Crippen LogP contribution in [0.4, 0.5) is 0 Å². The highest BCUT2D eigenvalue weighted by Gasteiger charge is 2.29. The summed E-state index contributed by atoms with van der Waals surface area (Å²) in [6.07, 6.45) is 0. The number of nitrogens with zero attached hydrogens (tertiary/aromatic N) is 2. The van der Waals surface area contributed by atoms with E-state index in [0.717, 1.165) is 19.6 Å². The van der Waals surface area contributed by atoms with E-state index in [9.17, 15) is 8.42 Å². The summed E-state index contributed by atoms with van der Waals surface area (Å²) in [5, 5.41) is 0. The molecule has 0 aromatic heterocycles. The lowest BCUT2D eigenvalue weighted by atomic mass is 9.96. The molecule has 0 radical (unpaired) electrons. The third-order valence-electron chi connectivity index (χ3n) is 3.41. The monoisotopic (exact) mass is 296 g/mol. The summed E-state index contributed by atoms with van der Waals surface area (Å²) in [7, 11) is -3.32. The molecule has 0 bridgehead atoms. The van der Waals surface area contributed by atoms with Gasteiger partial charge in [0, 0.05) is 32.7 Å². The predicted octanol–water partition coefficient (Wildman–Crippen LogP) is 2.04. The van der Waals surface area contributed by atoms with Crippen LogP contribution in [0.5, 0.6) is 0 Å². The van der Waals surface area contributed by atoms with E-state index in [1.807, 2.05) is 6.07 Å². The van der Waals surface area contributed by atoms with Crippen molar-refractivity contribution >= 4 is 10.0 Å². The van der Waals surface area contributed by atoms with E-state index in [1.165, 1.54) is 0 Å². The van der Waals surface area contributed by atoms with Gasteiger partial charge in [0.25, 0.3) is 0 Å². The Morgan fingerprint density at radius 1 is 1.00 bits per heavy atom. The Balaban J connectivity index is 2.01. The van der Waals surface area contributed by atoms with Gasteiger partial charge in [-0.15, -0.1) is 0 Å². The highest BCUT2D eigenvalue weighted by molar-refractivity contribution is 7.89. The van der Waals surface area contributed by atoms with E-state index < -0.39 is 10.0 Å². The number of piperazine rings is 1. The fraction of sp³-hybridized carbons (Fsp3) is 0.600. The lowest BCUT2D eigenvalue weighted by Gasteiger charge is -2.37. The first-order valence-electron chi connectivity index (χ1n) is 7.07. The van der Waals surface area contributed by atoms with Crippen molar-refractivity contribution in [1.82, 2.24) is 9.21 Å². The molecule has 2 rings (SSSR count). The molecule has 0 atom stereocenters. The lowest BCUT2D eigenvalue weighted by Crippen LogP contribution is -2.50. The first kappa shape index (κ1) is 15.5. The zero-order valence-corrected chi connectivity index (χ0v) is 13.4. The van der Waals surface area contributed by atoms with Crippen LogP contribution in [0.3, 0.4) is 0 Å². The van der Waals surface area contributed by atoms with Crippen molar-refractivity contribution in [2.45, 2.75) is 25.7 Å². The van der Waals surface area contributed by atoms with Gasteiger partial charge in [0.1, 0.15) is 0 Å². The van der Waals surface area contributed by atoms with Crippen LogP contribution in [0.2, 0.25) is 0 Å². The molecule has 1 heterocycles. The normalized spacial score (nSPS) is 19.1. The summed E-state index contributed by atoms with van der Waals surface area (Å²) in [5.41, 5.74) is 0.250. The molecule has 0 spiro atoms. The molecule has 4 nitrogen and oxygen atoms in total. The van der Waals surface area contributed by atoms with Gasteiger partial charge < -0.3 is 4.90 Å². The fourth-order valence-corrected chi connectivity index (χ4v) is 3.98. The molecule has 0 unspecified atom stereocenters. The highest BCUT2D eigenvalue weighted by atomic mass is 32.2. The smallest absolute Gasteiger partial charge is 0.243 e. The van der Waals surface area contributed by atoms with Crippen molar-refractivity contribution in [1.29, 1.82) is 0 Å². The van der Waals surface area contributed by atoms with Gasteiger partial charge in [0.05, 0.1) is 4.90 Å². The summed E-state index contributed by atoms with van der Waals surface area (Å²) < 4.78 is 26.6. The SMILES string of the molecule is CC(C)(C)CN1CCN(S(=O)(=O)c2ccccc2)CC1. The van der Waals surface area contributed by atoms with Crippen LogP contribution in [0.25, 0.3) is 0 Å². The Kier molecular flexibility index (Phi) is 4.52. The largest absolute Gasteiger partial charge is 0.300 e. The van der Waals surface area contributed by atoms with Crippen molar-refractivity contribution in [3.05, 3.63) is 30.3 Å². The van der Waals surface area contributed by atoms with Crippen LogP contribution in [-0.4, -0.2) is 50.3 Å². The third kappa shape index (κ3) is 3.81. The lowest BCUT2D eigenvalue weighted by molar-refractivity contribution is 0.141. The van der Waals surface area contributed by atoms with Crippen LogP contribution in [0, 0.1) is 5.41 Å². The van der Waals surface area contributed by atoms with Gasteiger partial charge in [-0.3, -0.25) is 0 Å². The molecule has 0 amide bonds. The van der Waals surface area contributed by atoms with E-state index in [0.29, 0.717) is 18.0 Å². The zero-order valence-electron chi connectivity index (χ0n) is 12.5.